The van der Waals surface area contributed by atoms with Gasteiger partial charge in [0.15, 0.2) is 11.2 Å². The maximum Gasteiger partial charge on any atom is 0.333 e. The lowest BCUT2D eigenvalue weighted by Crippen LogP contribution is -2.20. The molecule has 0 spiro atoms. The van der Waals surface area contributed by atoms with E-state index in [4.69, 9.17) is 19.0 Å². The molecule has 10 heteroatoms. The van der Waals surface area contributed by atoms with Crippen LogP contribution in [0.15, 0.2) is 48.8 Å². The highest BCUT2D eigenvalue weighted by molar-refractivity contribution is 7.84. The minimum atomic E-state index is -3.93. The van der Waals surface area contributed by atoms with E-state index in [9.17, 15) is 8.42 Å². The molecule has 2 aromatic carbocycles. The average molecular weight is 439 g/mol. The normalized spacial score (nSPS) is 19.3. The maximum absolute atomic E-state index is 11.0. The molecule has 31 heavy (non-hydrogen) atoms. The zero-order valence-corrected chi connectivity index (χ0v) is 17.4. The number of nitrogens with two attached hydrogens (primary N) is 1. The fourth-order valence-corrected chi connectivity index (χ4v) is 4.47. The number of hydrogen-bond donors (Lipinski definition) is 2. The molecule has 0 radical (unpaired) electrons. The standard InChI is InChI=1S/C21H21N5O4S/c22-31(27,28)29-11-13-8-9-15(10-13)30-21-18-20(23-12-24-21)26-19(25-18)17-7-3-5-14-4-1-2-6-16(14)17/h1-7,12-13,15H,8-11H2,(H2,22,27,28)(H,23,24,25,26)/t13-,15-/m0/s1. The van der Waals surface area contributed by atoms with Crippen molar-refractivity contribution >= 4 is 32.2 Å². The first-order valence-electron chi connectivity index (χ1n) is 9.99. The van der Waals surface area contributed by atoms with Crippen molar-refractivity contribution in [3.8, 4) is 17.3 Å². The molecule has 2 heterocycles. The third kappa shape index (κ3) is 4.22. The summed E-state index contributed by atoms with van der Waals surface area (Å²) in [4.78, 5) is 16.6. The van der Waals surface area contributed by atoms with E-state index in [0.717, 1.165) is 29.2 Å². The van der Waals surface area contributed by atoms with Gasteiger partial charge in [0, 0.05) is 5.56 Å². The van der Waals surface area contributed by atoms with Crippen LogP contribution in [0.25, 0.3) is 33.3 Å². The zero-order valence-electron chi connectivity index (χ0n) is 16.6. The predicted molar refractivity (Wildman–Crippen MR) is 115 cm³/mol. The van der Waals surface area contributed by atoms with E-state index in [1.165, 1.54) is 6.33 Å². The fourth-order valence-electron chi connectivity index (χ4n) is 4.09. The van der Waals surface area contributed by atoms with E-state index in [-0.39, 0.29) is 18.6 Å². The van der Waals surface area contributed by atoms with Gasteiger partial charge in [-0.25, -0.2) is 15.1 Å². The molecule has 0 amide bonds. The van der Waals surface area contributed by atoms with E-state index >= 15 is 0 Å². The summed E-state index contributed by atoms with van der Waals surface area (Å²) in [5.74, 6) is 1.17. The smallest absolute Gasteiger partial charge is 0.333 e. The topological polar surface area (TPSA) is 133 Å². The van der Waals surface area contributed by atoms with E-state index in [2.05, 4.69) is 33.2 Å². The summed E-state index contributed by atoms with van der Waals surface area (Å²) in [6.45, 7) is 0.0610. The van der Waals surface area contributed by atoms with Gasteiger partial charge < -0.3 is 9.72 Å². The van der Waals surface area contributed by atoms with E-state index in [1.54, 1.807) is 0 Å². The van der Waals surface area contributed by atoms with Crippen LogP contribution >= 0.6 is 0 Å². The van der Waals surface area contributed by atoms with Gasteiger partial charge in [0.25, 0.3) is 0 Å². The van der Waals surface area contributed by atoms with Crippen molar-refractivity contribution in [1.82, 2.24) is 19.9 Å². The van der Waals surface area contributed by atoms with Crippen molar-refractivity contribution < 1.29 is 17.3 Å². The number of rotatable bonds is 6. The van der Waals surface area contributed by atoms with Crippen molar-refractivity contribution in [3.05, 3.63) is 48.8 Å². The van der Waals surface area contributed by atoms with Crippen LogP contribution in [0, 0.1) is 5.92 Å². The van der Waals surface area contributed by atoms with Crippen molar-refractivity contribution in [2.75, 3.05) is 6.61 Å². The van der Waals surface area contributed by atoms with Crippen LogP contribution in [-0.2, 0) is 14.5 Å². The van der Waals surface area contributed by atoms with Crippen LogP contribution < -0.4 is 9.88 Å². The van der Waals surface area contributed by atoms with Crippen LogP contribution in [0.2, 0.25) is 0 Å². The second kappa shape index (κ2) is 7.88. The molecular weight excluding hydrogens is 418 g/mol. The molecule has 2 atom stereocenters. The number of aromatic nitrogens is 4. The number of imidazole rings is 1. The minimum absolute atomic E-state index is 0.0610. The number of nitrogens with one attached hydrogen (secondary N) is 1. The number of nitrogens with zero attached hydrogens (tertiary/aromatic N) is 3. The van der Waals surface area contributed by atoms with Crippen molar-refractivity contribution in [1.29, 1.82) is 0 Å². The molecule has 1 aliphatic rings. The van der Waals surface area contributed by atoms with E-state index in [1.807, 2.05) is 24.3 Å². The Labute approximate surface area is 178 Å². The largest absolute Gasteiger partial charge is 0.473 e. The first kappa shape index (κ1) is 19.9. The van der Waals surface area contributed by atoms with Crippen LogP contribution in [0.5, 0.6) is 5.88 Å². The quantitative estimate of drug-likeness (QED) is 0.472. The van der Waals surface area contributed by atoms with Crippen molar-refractivity contribution in [2.24, 2.45) is 11.1 Å². The molecule has 1 aliphatic carbocycles. The van der Waals surface area contributed by atoms with Gasteiger partial charge in [0.2, 0.25) is 5.88 Å². The second-order valence-electron chi connectivity index (χ2n) is 7.68. The first-order valence-corrected chi connectivity index (χ1v) is 11.5. The molecule has 3 N–H and O–H groups in total. The molecule has 0 saturated heterocycles. The summed E-state index contributed by atoms with van der Waals surface area (Å²) in [7, 11) is -3.93. The molecule has 0 aliphatic heterocycles. The Morgan fingerprint density at radius 1 is 1.10 bits per heavy atom. The third-order valence-corrected chi connectivity index (χ3v) is 6.00. The van der Waals surface area contributed by atoms with Gasteiger partial charge in [-0.2, -0.15) is 13.4 Å². The Balaban J connectivity index is 1.39. The van der Waals surface area contributed by atoms with Crippen LogP contribution in [-0.4, -0.2) is 41.1 Å². The third-order valence-electron chi connectivity index (χ3n) is 5.53. The van der Waals surface area contributed by atoms with Crippen LogP contribution in [0.4, 0.5) is 0 Å². The number of benzene rings is 2. The highest BCUT2D eigenvalue weighted by atomic mass is 32.2. The van der Waals surface area contributed by atoms with E-state index < -0.39 is 10.3 Å². The summed E-state index contributed by atoms with van der Waals surface area (Å²) in [6.07, 6.45) is 3.55. The first-order chi connectivity index (χ1) is 15.0. The number of fused-ring (bicyclic) bond motifs is 2. The molecule has 1 fully saturated rings. The molecule has 0 bridgehead atoms. The molecule has 9 nitrogen and oxygen atoms in total. The van der Waals surface area contributed by atoms with Gasteiger partial charge >= 0.3 is 10.3 Å². The van der Waals surface area contributed by atoms with Gasteiger partial charge in [-0.05, 0) is 36.0 Å². The molecular formula is C21H21N5O4S. The van der Waals surface area contributed by atoms with Gasteiger partial charge in [-0.15, -0.1) is 0 Å². The molecule has 160 valence electrons. The van der Waals surface area contributed by atoms with Gasteiger partial charge in [-0.1, -0.05) is 42.5 Å². The van der Waals surface area contributed by atoms with Crippen molar-refractivity contribution in [3.63, 3.8) is 0 Å². The summed E-state index contributed by atoms with van der Waals surface area (Å²) in [6, 6.07) is 14.2. The molecule has 5 rings (SSSR count). The van der Waals surface area contributed by atoms with Crippen LogP contribution in [0.1, 0.15) is 19.3 Å². The number of H-pyrrole nitrogens is 1. The predicted octanol–water partition coefficient (Wildman–Crippen LogP) is 2.94. The Morgan fingerprint density at radius 2 is 1.94 bits per heavy atom. The fraction of sp³-hybridized carbons (Fsp3) is 0.286. The molecule has 1 saturated carbocycles. The SMILES string of the molecule is NS(=O)(=O)OC[C@H]1CC[C@H](Oc2ncnc3[nH]c(-c4cccc5ccccc45)nc23)C1. The number of aromatic amines is 1. The highest BCUT2D eigenvalue weighted by Crippen LogP contribution is 2.33. The summed E-state index contributed by atoms with van der Waals surface area (Å²) in [5.41, 5.74) is 2.14. The maximum atomic E-state index is 11.0. The number of hydrogen-bond acceptors (Lipinski definition) is 7. The zero-order chi connectivity index (χ0) is 21.4. The molecule has 4 aromatic rings. The summed E-state index contributed by atoms with van der Waals surface area (Å²) >= 11 is 0. The Hall–Kier alpha value is -3.08. The lowest BCUT2D eigenvalue weighted by atomic mass is 10.0. The summed E-state index contributed by atoms with van der Waals surface area (Å²) in [5, 5.41) is 7.13. The molecule has 2 aromatic heterocycles. The lowest BCUT2D eigenvalue weighted by molar-refractivity contribution is 0.186. The Kier molecular flexibility index (Phi) is 5.05. The number of ether oxygens (including phenoxy) is 1. The van der Waals surface area contributed by atoms with Gasteiger partial charge in [0.1, 0.15) is 18.3 Å². The van der Waals surface area contributed by atoms with Gasteiger partial charge in [0.05, 0.1) is 6.61 Å². The Morgan fingerprint density at radius 3 is 2.81 bits per heavy atom. The Bertz CT molecular complexity index is 1350. The summed E-state index contributed by atoms with van der Waals surface area (Å²) < 4.78 is 32.8. The average Bonchev–Trinajstić information content (AvgIpc) is 3.39. The van der Waals surface area contributed by atoms with Gasteiger partial charge in [-0.3, -0.25) is 4.18 Å². The van der Waals surface area contributed by atoms with Crippen LogP contribution in [0.3, 0.4) is 0 Å². The minimum Gasteiger partial charge on any atom is -0.473 e. The van der Waals surface area contributed by atoms with E-state index in [0.29, 0.717) is 29.3 Å². The second-order valence-corrected chi connectivity index (χ2v) is 8.91. The monoisotopic (exact) mass is 439 g/mol. The van der Waals surface area contributed by atoms with Crippen molar-refractivity contribution in [2.45, 2.75) is 25.4 Å². The molecule has 0 unspecified atom stereocenters. The highest BCUT2D eigenvalue weighted by Gasteiger charge is 2.28. The lowest BCUT2D eigenvalue weighted by Gasteiger charge is -2.13.